The van der Waals surface area contributed by atoms with Crippen LogP contribution in [0.3, 0.4) is 0 Å². The second-order valence-electron chi connectivity index (χ2n) is 7.72. The molecule has 2 aromatic rings. The Labute approximate surface area is 209 Å². The van der Waals surface area contributed by atoms with Crippen LogP contribution in [0.15, 0.2) is 47.4 Å². The Morgan fingerprint density at radius 1 is 0.839 bits per heavy atom. The average molecular weight is 457 g/mol. The summed E-state index contributed by atoms with van der Waals surface area (Å²) in [6, 6.07) is 10.6. The van der Waals surface area contributed by atoms with Crippen LogP contribution in [0, 0.1) is 0 Å². The molecule has 2 aromatic carbocycles. The molecule has 0 radical (unpaired) electrons. The molecular weight excluding hydrogens is 423 g/mol. The molecule has 5 nitrogen and oxygen atoms in total. The fraction of sp³-hybridized carbons (Fsp3) is 0.500. The Morgan fingerprint density at radius 2 is 1.39 bits per heavy atom. The summed E-state index contributed by atoms with van der Waals surface area (Å²) >= 11 is 0. The number of aryl methyl sites for hydroxylation is 1. The van der Waals surface area contributed by atoms with Crippen LogP contribution in [0.25, 0.3) is 0 Å². The zero-order valence-corrected chi connectivity index (χ0v) is 21.6. The summed E-state index contributed by atoms with van der Waals surface area (Å²) in [5.41, 5.74) is 0.738. The zero-order valence-electron chi connectivity index (χ0n) is 18.8. The van der Waals surface area contributed by atoms with Crippen molar-refractivity contribution in [1.29, 1.82) is 0 Å². The quantitative estimate of drug-likeness (QED) is 0.268. The van der Waals surface area contributed by atoms with E-state index in [2.05, 4.69) is 6.92 Å². The van der Waals surface area contributed by atoms with Gasteiger partial charge in [-0.05, 0) is 43.2 Å². The van der Waals surface area contributed by atoms with Gasteiger partial charge in [-0.3, -0.25) is 4.55 Å². The van der Waals surface area contributed by atoms with Gasteiger partial charge in [-0.25, -0.2) is 0 Å². The van der Waals surface area contributed by atoms with Gasteiger partial charge in [0.05, 0.1) is 4.90 Å². The molecule has 0 fully saturated rings. The summed E-state index contributed by atoms with van der Waals surface area (Å²) in [7, 11) is -4.25. The largest absolute Gasteiger partial charge is 1.00 e. The van der Waals surface area contributed by atoms with E-state index >= 15 is 0 Å². The first kappa shape index (κ1) is 28.0. The fourth-order valence-corrected chi connectivity index (χ4v) is 3.93. The van der Waals surface area contributed by atoms with Crippen molar-refractivity contribution in [3.63, 3.8) is 0 Å². The van der Waals surface area contributed by atoms with E-state index in [9.17, 15) is 13.5 Å². The predicted molar refractivity (Wildman–Crippen MR) is 118 cm³/mol. The van der Waals surface area contributed by atoms with Crippen molar-refractivity contribution in [2.75, 3.05) is 0 Å². The van der Waals surface area contributed by atoms with Gasteiger partial charge in [0.25, 0.3) is 10.1 Å². The van der Waals surface area contributed by atoms with Crippen LogP contribution in [0.5, 0.6) is 17.2 Å². The Kier molecular flexibility index (Phi) is 13.5. The van der Waals surface area contributed by atoms with Gasteiger partial charge in [-0.2, -0.15) is 8.42 Å². The first-order valence-corrected chi connectivity index (χ1v) is 12.4. The third-order valence-corrected chi connectivity index (χ3v) is 6.08. The summed E-state index contributed by atoms with van der Waals surface area (Å²) in [5.74, 6) is 0.432. The van der Waals surface area contributed by atoms with Crippen molar-refractivity contribution in [2.45, 2.75) is 82.4 Å². The average Bonchev–Trinajstić information content (AvgIpc) is 2.71. The Morgan fingerprint density at radius 3 is 1.94 bits per heavy atom. The molecule has 0 saturated heterocycles. The van der Waals surface area contributed by atoms with Gasteiger partial charge >= 0.3 is 29.6 Å². The standard InChI is InChI=1S/C24H34O5S.Na/c1-2-3-4-5-6-7-8-9-10-11-13-20-14-12-15-23(24(20)25)29-21-16-18-22(19-17-21)30(26,27)28;/h12,14-19,25H,2-11,13H2,1H3,(H,26,27,28);/q;+1/p-1. The molecule has 0 unspecified atom stereocenters. The third kappa shape index (κ3) is 10.4. The van der Waals surface area contributed by atoms with E-state index in [1.54, 1.807) is 12.1 Å². The maximum absolute atomic E-state index is 12.6. The first-order chi connectivity index (χ1) is 14.4. The first-order valence-electron chi connectivity index (χ1n) is 11.0. The number of hydrogen-bond acceptors (Lipinski definition) is 4. The number of para-hydroxylation sites is 1. The second-order valence-corrected chi connectivity index (χ2v) is 9.15. The number of ether oxygens (including phenoxy) is 1. The van der Waals surface area contributed by atoms with Crippen LogP contribution in [0.4, 0.5) is 0 Å². The van der Waals surface area contributed by atoms with Gasteiger partial charge in [0, 0.05) is 0 Å². The predicted octanol–water partition coefficient (Wildman–Crippen LogP) is 3.27. The number of rotatable bonds is 14. The molecule has 0 aliphatic heterocycles. The van der Waals surface area contributed by atoms with E-state index in [0.29, 0.717) is 5.75 Å². The van der Waals surface area contributed by atoms with E-state index in [4.69, 9.17) is 9.29 Å². The summed E-state index contributed by atoms with van der Waals surface area (Å²) in [6.45, 7) is 2.24. The molecular formula is C24H33NaO5S. The molecule has 0 amide bonds. The zero-order chi connectivity index (χ0) is 21.8. The van der Waals surface area contributed by atoms with Crippen LogP contribution in [-0.2, 0) is 16.5 Å². The molecule has 0 aliphatic rings. The van der Waals surface area contributed by atoms with E-state index in [-0.39, 0.29) is 46.0 Å². The van der Waals surface area contributed by atoms with E-state index in [1.807, 2.05) is 6.07 Å². The molecule has 0 bridgehead atoms. The van der Waals surface area contributed by atoms with Crippen LogP contribution in [-0.4, -0.2) is 13.0 Å². The van der Waals surface area contributed by atoms with Crippen molar-refractivity contribution in [1.82, 2.24) is 0 Å². The Hall–Kier alpha value is -1.05. The van der Waals surface area contributed by atoms with Crippen molar-refractivity contribution < 1.29 is 52.4 Å². The molecule has 0 heterocycles. The minimum absolute atomic E-state index is 0. The molecule has 0 spiro atoms. The van der Waals surface area contributed by atoms with Gasteiger partial charge in [0.1, 0.15) is 11.5 Å². The van der Waals surface area contributed by atoms with Gasteiger partial charge < -0.3 is 9.84 Å². The fourth-order valence-electron chi connectivity index (χ4n) is 3.45. The van der Waals surface area contributed by atoms with Crippen molar-refractivity contribution in [3.05, 3.63) is 48.0 Å². The molecule has 0 atom stereocenters. The van der Waals surface area contributed by atoms with Crippen molar-refractivity contribution >= 4 is 10.1 Å². The summed E-state index contributed by atoms with van der Waals surface area (Å²) < 4.78 is 36.9. The number of benzene rings is 2. The monoisotopic (exact) mass is 456 g/mol. The number of hydrogen-bond donors (Lipinski definition) is 1. The summed E-state index contributed by atoms with van der Waals surface area (Å²) in [6.07, 6.45) is 13.3. The smallest absolute Gasteiger partial charge is 0.870 e. The molecule has 166 valence electrons. The third-order valence-electron chi connectivity index (χ3n) is 5.21. The van der Waals surface area contributed by atoms with Crippen molar-refractivity contribution in [3.8, 4) is 17.2 Å². The normalized spacial score (nSPS) is 11.2. The van der Waals surface area contributed by atoms with E-state index < -0.39 is 10.1 Å². The summed E-state index contributed by atoms with van der Waals surface area (Å²) in [5, 5.41) is 12.6. The minimum atomic E-state index is -4.25. The van der Waals surface area contributed by atoms with Gasteiger partial charge in [-0.15, -0.1) is 0 Å². The van der Waals surface area contributed by atoms with E-state index in [1.165, 1.54) is 75.6 Å². The van der Waals surface area contributed by atoms with Crippen LogP contribution in [0.1, 0.15) is 76.7 Å². The SMILES string of the molecule is CCCCCCCCCCCCc1cccc(Oc2ccc(S(=O)(=O)O)cc2)c1[O-].[Na+]. The topological polar surface area (TPSA) is 86.7 Å². The minimum Gasteiger partial charge on any atom is -0.870 e. The van der Waals surface area contributed by atoms with Gasteiger partial charge in [0.15, 0.2) is 0 Å². The van der Waals surface area contributed by atoms with E-state index in [0.717, 1.165) is 24.8 Å². The maximum Gasteiger partial charge on any atom is 1.00 e. The molecule has 0 aromatic heterocycles. The molecule has 2 rings (SSSR count). The van der Waals surface area contributed by atoms with Crippen molar-refractivity contribution in [2.24, 2.45) is 0 Å². The van der Waals surface area contributed by atoms with Crippen LogP contribution >= 0.6 is 0 Å². The maximum atomic E-state index is 12.6. The van der Waals surface area contributed by atoms with Crippen LogP contribution in [0.2, 0.25) is 0 Å². The molecule has 1 N–H and O–H groups in total. The molecule has 31 heavy (non-hydrogen) atoms. The molecule has 0 saturated carbocycles. The Bertz CT molecular complexity index is 866. The van der Waals surface area contributed by atoms with Crippen LogP contribution < -0.4 is 39.4 Å². The molecule has 7 heteroatoms. The summed E-state index contributed by atoms with van der Waals surface area (Å²) in [4.78, 5) is -0.216. The number of unbranched alkanes of at least 4 members (excludes halogenated alkanes) is 9. The van der Waals surface area contributed by atoms with Gasteiger partial charge in [-0.1, -0.05) is 88.2 Å². The Balaban J connectivity index is 0.00000480. The van der Waals surface area contributed by atoms with Gasteiger partial charge in [0.2, 0.25) is 0 Å². The second kappa shape index (κ2) is 14.9. The molecule has 0 aliphatic carbocycles.